The first kappa shape index (κ1) is 20.4. The molecule has 0 radical (unpaired) electrons. The van der Waals surface area contributed by atoms with Crippen LogP contribution in [-0.2, 0) is 11.3 Å². The van der Waals surface area contributed by atoms with E-state index in [2.05, 4.69) is 27.5 Å². The first-order valence-electron chi connectivity index (χ1n) is 8.33. The third-order valence-corrected chi connectivity index (χ3v) is 5.08. The average Bonchev–Trinajstić information content (AvgIpc) is 2.96. The smallest absolute Gasteiger partial charge is 0.225 e. The largest absolute Gasteiger partial charge is 0.317 e. The van der Waals surface area contributed by atoms with E-state index in [4.69, 9.17) is 0 Å². The standard InChI is InChI=1S/C16H28N4OS.ClH/c1-4-10-19(15-6-8-17-9-7-15)11-14-12-22-16(18-14)20(5-2)13(3)21;/h12,15,17H,4-11H2,1-3H3;1H. The highest BCUT2D eigenvalue weighted by Crippen LogP contribution is 2.23. The Bertz CT molecular complexity index is 476. The predicted molar refractivity (Wildman–Crippen MR) is 99.7 cm³/mol. The SMILES string of the molecule is CCCN(Cc1csc(N(CC)C(C)=O)n1)C1CCNCC1.Cl. The lowest BCUT2D eigenvalue weighted by molar-refractivity contribution is -0.116. The Morgan fingerprint density at radius 2 is 2.09 bits per heavy atom. The van der Waals surface area contributed by atoms with Gasteiger partial charge in [0.25, 0.3) is 0 Å². The second-order valence-electron chi connectivity index (χ2n) is 5.84. The molecule has 0 atom stereocenters. The van der Waals surface area contributed by atoms with Crippen molar-refractivity contribution in [2.75, 3.05) is 31.1 Å². The van der Waals surface area contributed by atoms with E-state index >= 15 is 0 Å². The molecule has 1 N–H and O–H groups in total. The number of carbonyl (C=O) groups is 1. The van der Waals surface area contributed by atoms with Gasteiger partial charge in [-0.2, -0.15) is 0 Å². The van der Waals surface area contributed by atoms with Crippen molar-refractivity contribution >= 4 is 34.8 Å². The van der Waals surface area contributed by atoms with Gasteiger partial charge in [-0.3, -0.25) is 14.6 Å². The number of anilines is 1. The molecule has 132 valence electrons. The van der Waals surface area contributed by atoms with Crippen molar-refractivity contribution in [3.8, 4) is 0 Å². The van der Waals surface area contributed by atoms with Gasteiger partial charge < -0.3 is 5.32 Å². The Balaban J connectivity index is 0.00000264. The average molecular weight is 361 g/mol. The summed E-state index contributed by atoms with van der Waals surface area (Å²) in [7, 11) is 0. The molecule has 0 saturated carbocycles. The van der Waals surface area contributed by atoms with Crippen molar-refractivity contribution in [2.24, 2.45) is 0 Å². The number of nitrogens with zero attached hydrogens (tertiary/aromatic N) is 3. The maximum absolute atomic E-state index is 11.6. The monoisotopic (exact) mass is 360 g/mol. The van der Waals surface area contributed by atoms with Crippen LogP contribution in [0.1, 0.15) is 45.7 Å². The van der Waals surface area contributed by atoms with Gasteiger partial charge in [0.1, 0.15) is 0 Å². The molecule has 1 aromatic rings. The lowest BCUT2D eigenvalue weighted by Gasteiger charge is -2.34. The highest BCUT2D eigenvalue weighted by Gasteiger charge is 2.22. The molecule has 0 spiro atoms. The van der Waals surface area contributed by atoms with Crippen LogP contribution in [0.4, 0.5) is 5.13 Å². The minimum Gasteiger partial charge on any atom is -0.317 e. The minimum atomic E-state index is 0. The molecular formula is C16H29ClN4OS. The van der Waals surface area contributed by atoms with Gasteiger partial charge in [-0.1, -0.05) is 6.92 Å². The summed E-state index contributed by atoms with van der Waals surface area (Å²) in [6.45, 7) is 10.7. The van der Waals surface area contributed by atoms with Gasteiger partial charge in [-0.15, -0.1) is 23.7 Å². The van der Waals surface area contributed by atoms with E-state index < -0.39 is 0 Å². The van der Waals surface area contributed by atoms with Crippen LogP contribution in [0.2, 0.25) is 0 Å². The molecule has 1 aliphatic heterocycles. The Labute approximate surface area is 149 Å². The van der Waals surface area contributed by atoms with Crippen LogP contribution in [0, 0.1) is 0 Å². The molecule has 23 heavy (non-hydrogen) atoms. The number of piperidine rings is 1. The molecule has 5 nitrogen and oxygen atoms in total. The predicted octanol–water partition coefficient (Wildman–Crippen LogP) is 2.90. The van der Waals surface area contributed by atoms with Crippen molar-refractivity contribution in [3.63, 3.8) is 0 Å². The molecule has 1 fully saturated rings. The third-order valence-electron chi connectivity index (χ3n) is 4.17. The van der Waals surface area contributed by atoms with Crippen LogP contribution in [0.3, 0.4) is 0 Å². The van der Waals surface area contributed by atoms with Gasteiger partial charge >= 0.3 is 0 Å². The molecule has 2 rings (SSSR count). The van der Waals surface area contributed by atoms with E-state index in [0.29, 0.717) is 12.6 Å². The summed E-state index contributed by atoms with van der Waals surface area (Å²) >= 11 is 1.57. The highest BCUT2D eigenvalue weighted by atomic mass is 35.5. The molecule has 0 aromatic carbocycles. The van der Waals surface area contributed by atoms with Crippen LogP contribution in [0.5, 0.6) is 0 Å². The lowest BCUT2D eigenvalue weighted by atomic mass is 10.0. The summed E-state index contributed by atoms with van der Waals surface area (Å²) in [4.78, 5) is 20.6. The first-order valence-corrected chi connectivity index (χ1v) is 9.20. The molecule has 0 bridgehead atoms. The Hall–Kier alpha value is -0.690. The number of hydrogen-bond donors (Lipinski definition) is 1. The fourth-order valence-corrected chi connectivity index (χ4v) is 3.97. The van der Waals surface area contributed by atoms with Crippen LogP contribution in [0.25, 0.3) is 0 Å². The third kappa shape index (κ3) is 5.71. The molecule has 1 aliphatic rings. The zero-order chi connectivity index (χ0) is 15.9. The molecule has 0 unspecified atom stereocenters. The van der Waals surface area contributed by atoms with Gasteiger partial charge in [-0.05, 0) is 45.8 Å². The van der Waals surface area contributed by atoms with Crippen molar-refractivity contribution in [3.05, 3.63) is 11.1 Å². The number of halogens is 1. The van der Waals surface area contributed by atoms with E-state index in [0.717, 1.165) is 43.4 Å². The molecule has 1 saturated heterocycles. The number of nitrogens with one attached hydrogen (secondary N) is 1. The van der Waals surface area contributed by atoms with E-state index in [1.807, 2.05) is 6.92 Å². The van der Waals surface area contributed by atoms with Crippen molar-refractivity contribution < 1.29 is 4.79 Å². The normalized spacial score (nSPS) is 15.5. The molecule has 1 amide bonds. The number of amides is 1. The lowest BCUT2D eigenvalue weighted by Crippen LogP contribution is -2.43. The quantitative estimate of drug-likeness (QED) is 0.812. The number of rotatable bonds is 7. The van der Waals surface area contributed by atoms with E-state index in [1.165, 1.54) is 12.8 Å². The second-order valence-corrected chi connectivity index (χ2v) is 6.67. The van der Waals surface area contributed by atoms with E-state index in [9.17, 15) is 4.79 Å². The van der Waals surface area contributed by atoms with Crippen molar-refractivity contribution in [1.82, 2.24) is 15.2 Å². The summed E-state index contributed by atoms with van der Waals surface area (Å²) in [5.41, 5.74) is 1.09. The molecular weight excluding hydrogens is 332 g/mol. The Morgan fingerprint density at radius 3 is 2.65 bits per heavy atom. The zero-order valence-electron chi connectivity index (χ0n) is 14.4. The maximum Gasteiger partial charge on any atom is 0.225 e. The number of aromatic nitrogens is 1. The Kier molecular flexibility index (Phi) is 9.06. The summed E-state index contributed by atoms with van der Waals surface area (Å²) in [6.07, 6.45) is 3.59. The van der Waals surface area contributed by atoms with Crippen LogP contribution >= 0.6 is 23.7 Å². The van der Waals surface area contributed by atoms with Gasteiger partial charge in [0.15, 0.2) is 5.13 Å². The van der Waals surface area contributed by atoms with Crippen LogP contribution < -0.4 is 10.2 Å². The summed E-state index contributed by atoms with van der Waals surface area (Å²) in [6, 6.07) is 0.654. The maximum atomic E-state index is 11.6. The first-order chi connectivity index (χ1) is 10.7. The minimum absolute atomic E-state index is 0. The van der Waals surface area contributed by atoms with Gasteiger partial charge in [0, 0.05) is 31.4 Å². The fraction of sp³-hybridized carbons (Fsp3) is 0.750. The molecule has 2 heterocycles. The summed E-state index contributed by atoms with van der Waals surface area (Å²) in [5.74, 6) is 0.0622. The van der Waals surface area contributed by atoms with Gasteiger partial charge in [-0.25, -0.2) is 4.98 Å². The van der Waals surface area contributed by atoms with Crippen molar-refractivity contribution in [2.45, 2.75) is 52.6 Å². The van der Waals surface area contributed by atoms with Crippen LogP contribution in [0.15, 0.2) is 5.38 Å². The number of carbonyl (C=O) groups excluding carboxylic acids is 1. The van der Waals surface area contributed by atoms with Gasteiger partial charge in [0.2, 0.25) is 5.91 Å². The summed E-state index contributed by atoms with van der Waals surface area (Å²) < 4.78 is 0. The highest BCUT2D eigenvalue weighted by molar-refractivity contribution is 7.14. The second kappa shape index (κ2) is 10.2. The topological polar surface area (TPSA) is 48.5 Å². The number of thiazole rings is 1. The molecule has 0 aliphatic carbocycles. The molecule has 1 aromatic heterocycles. The van der Waals surface area contributed by atoms with E-state index in [-0.39, 0.29) is 18.3 Å². The summed E-state index contributed by atoms with van der Waals surface area (Å²) in [5, 5.41) is 6.36. The zero-order valence-corrected chi connectivity index (χ0v) is 16.0. The Morgan fingerprint density at radius 1 is 1.39 bits per heavy atom. The molecule has 7 heteroatoms. The van der Waals surface area contributed by atoms with Crippen molar-refractivity contribution in [1.29, 1.82) is 0 Å². The fourth-order valence-electron chi connectivity index (χ4n) is 3.04. The van der Waals surface area contributed by atoms with Gasteiger partial charge in [0.05, 0.1) is 5.69 Å². The number of hydrogen-bond acceptors (Lipinski definition) is 5. The van der Waals surface area contributed by atoms with Crippen LogP contribution in [-0.4, -0.2) is 48.0 Å². The van der Waals surface area contributed by atoms with E-state index in [1.54, 1.807) is 23.2 Å².